The first-order chi connectivity index (χ1) is 16.8. The smallest absolute Gasteiger partial charge is 0.261 e. The van der Waals surface area contributed by atoms with Crippen molar-refractivity contribution in [3.8, 4) is 0 Å². The lowest BCUT2D eigenvalue weighted by Crippen LogP contribution is -2.43. The summed E-state index contributed by atoms with van der Waals surface area (Å²) in [5, 5.41) is 6.24. The van der Waals surface area contributed by atoms with E-state index in [-0.39, 0.29) is 11.6 Å². The van der Waals surface area contributed by atoms with Crippen molar-refractivity contribution >= 4 is 17.3 Å². The van der Waals surface area contributed by atoms with Crippen LogP contribution in [0.2, 0.25) is 0 Å². The molecule has 35 heavy (non-hydrogen) atoms. The zero-order valence-corrected chi connectivity index (χ0v) is 21.0. The number of rotatable bonds is 7. The second-order valence-electron chi connectivity index (χ2n) is 9.57. The maximum absolute atomic E-state index is 12.9. The summed E-state index contributed by atoms with van der Waals surface area (Å²) in [6.45, 7) is 11.4. The van der Waals surface area contributed by atoms with Crippen LogP contribution in [0.15, 0.2) is 59.5 Å². The van der Waals surface area contributed by atoms with Gasteiger partial charge in [-0.05, 0) is 68.3 Å². The van der Waals surface area contributed by atoms with Crippen LogP contribution in [0.4, 0.5) is 11.4 Å². The highest BCUT2D eigenvalue weighted by Gasteiger charge is 2.15. The SMILES string of the molecule is Cc1ccc([C@@H](C)Nc2c[nH]c(=O)c(C(=O)Nc3ccc(CN4CCN(C)CC4)cc3)c2)cc1C. The molecule has 1 aromatic heterocycles. The number of benzene rings is 2. The number of piperazine rings is 1. The normalized spacial score (nSPS) is 15.5. The Labute approximate surface area is 207 Å². The molecule has 0 saturated carbocycles. The molecule has 1 amide bonds. The fourth-order valence-electron chi connectivity index (χ4n) is 4.26. The average Bonchev–Trinajstić information content (AvgIpc) is 2.84. The number of hydrogen-bond acceptors (Lipinski definition) is 5. The second-order valence-corrected chi connectivity index (χ2v) is 9.57. The molecule has 4 rings (SSSR count). The zero-order valence-electron chi connectivity index (χ0n) is 21.0. The van der Waals surface area contributed by atoms with Gasteiger partial charge in [-0.3, -0.25) is 14.5 Å². The minimum absolute atomic E-state index is 0.0176. The number of nitrogens with one attached hydrogen (secondary N) is 3. The van der Waals surface area contributed by atoms with Crippen molar-refractivity contribution in [1.29, 1.82) is 0 Å². The predicted molar refractivity (Wildman–Crippen MR) is 142 cm³/mol. The number of carbonyl (C=O) groups excluding carboxylic acids is 1. The van der Waals surface area contributed by atoms with E-state index in [9.17, 15) is 9.59 Å². The Hall–Kier alpha value is -3.42. The molecule has 1 atom stereocenters. The van der Waals surface area contributed by atoms with E-state index in [1.807, 2.05) is 24.3 Å². The Bertz CT molecular complexity index is 1230. The summed E-state index contributed by atoms with van der Waals surface area (Å²) in [6, 6.07) is 15.8. The molecule has 2 heterocycles. The van der Waals surface area contributed by atoms with Gasteiger partial charge in [0, 0.05) is 50.6 Å². The Balaban J connectivity index is 1.39. The first kappa shape index (κ1) is 24.7. The number of likely N-dealkylation sites (N-methyl/N-ethyl adjacent to an activating group) is 1. The van der Waals surface area contributed by atoms with E-state index < -0.39 is 11.5 Å². The maximum Gasteiger partial charge on any atom is 0.261 e. The molecule has 3 aromatic rings. The third-order valence-electron chi connectivity index (χ3n) is 6.78. The molecule has 0 aliphatic carbocycles. The van der Waals surface area contributed by atoms with Gasteiger partial charge in [-0.25, -0.2) is 0 Å². The summed E-state index contributed by atoms with van der Waals surface area (Å²) in [7, 11) is 2.15. The van der Waals surface area contributed by atoms with E-state index in [1.165, 1.54) is 16.7 Å². The summed E-state index contributed by atoms with van der Waals surface area (Å²) in [6.07, 6.45) is 1.60. The molecular weight excluding hydrogens is 438 g/mol. The minimum Gasteiger partial charge on any atom is -0.377 e. The summed E-state index contributed by atoms with van der Waals surface area (Å²) in [4.78, 5) is 32.7. The molecule has 0 unspecified atom stereocenters. The van der Waals surface area contributed by atoms with Crippen LogP contribution < -0.4 is 16.2 Å². The van der Waals surface area contributed by atoms with Gasteiger partial charge in [0.2, 0.25) is 0 Å². The number of aromatic nitrogens is 1. The molecule has 7 nitrogen and oxygen atoms in total. The lowest BCUT2D eigenvalue weighted by Gasteiger charge is -2.32. The summed E-state index contributed by atoms with van der Waals surface area (Å²) in [5.41, 5.74) is 5.83. The Morgan fingerprint density at radius 3 is 2.37 bits per heavy atom. The van der Waals surface area contributed by atoms with Gasteiger partial charge in [0.1, 0.15) is 5.56 Å². The first-order valence-electron chi connectivity index (χ1n) is 12.2. The molecule has 1 aliphatic rings. The molecule has 0 spiro atoms. The van der Waals surface area contributed by atoms with Crippen LogP contribution in [0.25, 0.3) is 0 Å². The fourth-order valence-corrected chi connectivity index (χ4v) is 4.26. The molecule has 184 valence electrons. The number of carbonyl (C=O) groups is 1. The van der Waals surface area contributed by atoms with Crippen LogP contribution in [0.5, 0.6) is 0 Å². The number of anilines is 2. The molecular formula is C28H35N5O2. The van der Waals surface area contributed by atoms with Gasteiger partial charge in [-0.2, -0.15) is 0 Å². The van der Waals surface area contributed by atoms with Crippen molar-refractivity contribution in [2.75, 3.05) is 43.9 Å². The number of aryl methyl sites for hydroxylation is 2. The van der Waals surface area contributed by atoms with Crippen molar-refractivity contribution < 1.29 is 4.79 Å². The summed E-state index contributed by atoms with van der Waals surface area (Å²) >= 11 is 0. The highest BCUT2D eigenvalue weighted by molar-refractivity contribution is 6.04. The van der Waals surface area contributed by atoms with E-state index in [0.29, 0.717) is 11.4 Å². The quantitative estimate of drug-likeness (QED) is 0.480. The van der Waals surface area contributed by atoms with Gasteiger partial charge >= 0.3 is 0 Å². The average molecular weight is 474 g/mol. The Morgan fingerprint density at radius 1 is 0.971 bits per heavy atom. The minimum atomic E-state index is -0.430. The Morgan fingerprint density at radius 2 is 1.69 bits per heavy atom. The number of aromatic amines is 1. The molecule has 7 heteroatoms. The molecule has 0 bridgehead atoms. The van der Waals surface area contributed by atoms with Gasteiger partial charge in [0.25, 0.3) is 11.5 Å². The standard InChI is InChI=1S/C28H35N5O2/c1-19-5-8-23(15-20(19)2)21(3)30-25-16-26(27(34)29-17-25)28(35)31-24-9-6-22(7-10-24)18-33-13-11-32(4)12-14-33/h5-10,15-17,21,30H,11-14,18H2,1-4H3,(H,29,34)(H,31,35)/t21-/m1/s1. The van der Waals surface area contributed by atoms with Gasteiger partial charge < -0.3 is 20.5 Å². The highest BCUT2D eigenvalue weighted by Crippen LogP contribution is 2.21. The van der Waals surface area contributed by atoms with E-state index in [0.717, 1.165) is 38.3 Å². The van der Waals surface area contributed by atoms with E-state index in [2.05, 4.69) is 71.4 Å². The van der Waals surface area contributed by atoms with E-state index in [1.54, 1.807) is 12.3 Å². The number of hydrogen-bond donors (Lipinski definition) is 3. The zero-order chi connectivity index (χ0) is 24.9. The lowest BCUT2D eigenvalue weighted by atomic mass is 10.0. The van der Waals surface area contributed by atoms with Crippen molar-refractivity contribution in [1.82, 2.24) is 14.8 Å². The van der Waals surface area contributed by atoms with Gasteiger partial charge in [-0.15, -0.1) is 0 Å². The first-order valence-corrected chi connectivity index (χ1v) is 12.2. The molecule has 1 aliphatic heterocycles. The largest absolute Gasteiger partial charge is 0.377 e. The van der Waals surface area contributed by atoms with Crippen LogP contribution in [-0.4, -0.2) is 53.9 Å². The number of nitrogens with zero attached hydrogens (tertiary/aromatic N) is 2. The van der Waals surface area contributed by atoms with E-state index >= 15 is 0 Å². The van der Waals surface area contributed by atoms with Crippen LogP contribution >= 0.6 is 0 Å². The van der Waals surface area contributed by atoms with Crippen molar-refractivity contribution in [3.05, 3.63) is 92.9 Å². The maximum atomic E-state index is 12.9. The monoisotopic (exact) mass is 473 g/mol. The van der Waals surface area contributed by atoms with Crippen LogP contribution in [-0.2, 0) is 6.54 Å². The van der Waals surface area contributed by atoms with Crippen LogP contribution in [0.3, 0.4) is 0 Å². The summed E-state index contributed by atoms with van der Waals surface area (Å²) < 4.78 is 0. The van der Waals surface area contributed by atoms with Gasteiger partial charge in [0.15, 0.2) is 0 Å². The molecule has 0 radical (unpaired) electrons. The third-order valence-corrected chi connectivity index (χ3v) is 6.78. The molecule has 3 N–H and O–H groups in total. The fraction of sp³-hybridized carbons (Fsp3) is 0.357. The highest BCUT2D eigenvalue weighted by atomic mass is 16.2. The molecule has 2 aromatic carbocycles. The molecule has 1 fully saturated rings. The number of H-pyrrole nitrogens is 1. The topological polar surface area (TPSA) is 80.5 Å². The van der Waals surface area contributed by atoms with Crippen LogP contribution in [0, 0.1) is 13.8 Å². The number of amides is 1. The molecule has 1 saturated heterocycles. The predicted octanol–water partition coefficient (Wildman–Crippen LogP) is 4.16. The van der Waals surface area contributed by atoms with Crippen molar-refractivity contribution in [3.63, 3.8) is 0 Å². The number of pyridine rings is 1. The van der Waals surface area contributed by atoms with Crippen LogP contribution in [0.1, 0.15) is 45.6 Å². The second kappa shape index (κ2) is 10.9. The Kier molecular flexibility index (Phi) is 7.68. The lowest BCUT2D eigenvalue weighted by molar-refractivity contribution is 0.102. The van der Waals surface area contributed by atoms with Crippen molar-refractivity contribution in [2.24, 2.45) is 0 Å². The van der Waals surface area contributed by atoms with Crippen molar-refractivity contribution in [2.45, 2.75) is 33.4 Å². The van der Waals surface area contributed by atoms with E-state index in [4.69, 9.17) is 0 Å². The third kappa shape index (κ3) is 6.38. The summed E-state index contributed by atoms with van der Waals surface area (Å²) in [5.74, 6) is -0.430. The van der Waals surface area contributed by atoms with Gasteiger partial charge in [-0.1, -0.05) is 30.3 Å². The van der Waals surface area contributed by atoms with Gasteiger partial charge in [0.05, 0.1) is 5.69 Å².